The van der Waals surface area contributed by atoms with E-state index in [0.29, 0.717) is 41.5 Å². The van der Waals surface area contributed by atoms with Crippen molar-refractivity contribution in [1.29, 1.82) is 5.26 Å². The molecule has 0 heterocycles. The van der Waals surface area contributed by atoms with Crippen LogP contribution in [0.5, 0.6) is 23.0 Å². The standard InChI is InChI=1S/C28H28N2O5/c1-32-24-10-12-25(33-2)23(17-24)19-35-26-11-9-21(16-27(26)34-3)15-22(18-29)28(31)30-14-13-20-7-5-4-6-8-20/h4-12,15-17H,13-14,19H2,1-3H3,(H,30,31)/b22-15+. The van der Waals surface area contributed by atoms with Gasteiger partial charge in [-0.2, -0.15) is 5.26 Å². The largest absolute Gasteiger partial charge is 0.497 e. The second kappa shape index (κ2) is 12.7. The van der Waals surface area contributed by atoms with Gasteiger partial charge in [0.2, 0.25) is 0 Å². The van der Waals surface area contributed by atoms with Crippen molar-refractivity contribution in [3.8, 4) is 29.1 Å². The zero-order valence-electron chi connectivity index (χ0n) is 20.0. The molecule has 3 aromatic carbocycles. The van der Waals surface area contributed by atoms with Gasteiger partial charge in [-0.15, -0.1) is 0 Å². The van der Waals surface area contributed by atoms with E-state index >= 15 is 0 Å². The molecule has 7 nitrogen and oxygen atoms in total. The summed E-state index contributed by atoms with van der Waals surface area (Å²) in [5, 5.41) is 12.3. The first-order valence-electron chi connectivity index (χ1n) is 11.0. The Hall–Kier alpha value is -4.44. The summed E-state index contributed by atoms with van der Waals surface area (Å²) in [4.78, 5) is 12.5. The van der Waals surface area contributed by atoms with Gasteiger partial charge in [-0.05, 0) is 54.0 Å². The summed E-state index contributed by atoms with van der Waals surface area (Å²) in [5.41, 5.74) is 2.58. The highest BCUT2D eigenvalue weighted by molar-refractivity contribution is 6.01. The summed E-state index contributed by atoms with van der Waals surface area (Å²) in [6.07, 6.45) is 2.21. The monoisotopic (exact) mass is 472 g/mol. The van der Waals surface area contributed by atoms with E-state index in [0.717, 1.165) is 11.1 Å². The molecule has 0 saturated carbocycles. The van der Waals surface area contributed by atoms with Crippen LogP contribution in [0.25, 0.3) is 6.08 Å². The molecular formula is C28H28N2O5. The fraction of sp³-hybridized carbons (Fsp3) is 0.214. The van der Waals surface area contributed by atoms with Gasteiger partial charge in [0, 0.05) is 12.1 Å². The van der Waals surface area contributed by atoms with Gasteiger partial charge in [0.25, 0.3) is 5.91 Å². The number of hydrogen-bond acceptors (Lipinski definition) is 6. The van der Waals surface area contributed by atoms with Crippen molar-refractivity contribution in [2.45, 2.75) is 13.0 Å². The number of nitrogens with zero attached hydrogens (tertiary/aromatic N) is 1. The van der Waals surface area contributed by atoms with E-state index < -0.39 is 5.91 Å². The van der Waals surface area contributed by atoms with Crippen LogP contribution in [0.1, 0.15) is 16.7 Å². The quantitative estimate of drug-likeness (QED) is 0.325. The van der Waals surface area contributed by atoms with Crippen molar-refractivity contribution in [2.75, 3.05) is 27.9 Å². The van der Waals surface area contributed by atoms with Gasteiger partial charge in [0.15, 0.2) is 11.5 Å². The fourth-order valence-corrected chi connectivity index (χ4v) is 3.42. The van der Waals surface area contributed by atoms with E-state index in [2.05, 4.69) is 5.32 Å². The predicted octanol–water partition coefficient (Wildman–Crippen LogP) is 4.56. The number of nitrogens with one attached hydrogen (secondary N) is 1. The summed E-state index contributed by atoms with van der Waals surface area (Å²) >= 11 is 0. The Kier molecular flexibility index (Phi) is 9.14. The Labute approximate surface area is 205 Å². The molecule has 0 atom stereocenters. The summed E-state index contributed by atoms with van der Waals surface area (Å²) in [7, 11) is 4.72. The van der Waals surface area contributed by atoms with E-state index in [1.54, 1.807) is 32.4 Å². The molecule has 0 aliphatic carbocycles. The topological polar surface area (TPSA) is 89.8 Å². The molecular weight excluding hydrogens is 444 g/mol. The van der Waals surface area contributed by atoms with Crippen molar-refractivity contribution in [3.05, 3.63) is 89.0 Å². The first kappa shape index (κ1) is 25.2. The van der Waals surface area contributed by atoms with Crippen LogP contribution in [0.2, 0.25) is 0 Å². The molecule has 7 heteroatoms. The Bertz CT molecular complexity index is 1220. The van der Waals surface area contributed by atoms with Crippen LogP contribution in [0.3, 0.4) is 0 Å². The van der Waals surface area contributed by atoms with Gasteiger partial charge >= 0.3 is 0 Å². The van der Waals surface area contributed by atoms with Crippen molar-refractivity contribution in [2.24, 2.45) is 0 Å². The molecule has 0 spiro atoms. The maximum atomic E-state index is 12.5. The van der Waals surface area contributed by atoms with E-state index in [9.17, 15) is 10.1 Å². The lowest BCUT2D eigenvalue weighted by Gasteiger charge is -2.14. The highest BCUT2D eigenvalue weighted by Gasteiger charge is 2.12. The normalized spacial score (nSPS) is 10.7. The number of ether oxygens (including phenoxy) is 4. The highest BCUT2D eigenvalue weighted by Crippen LogP contribution is 2.31. The molecule has 180 valence electrons. The third-order valence-corrected chi connectivity index (χ3v) is 5.28. The van der Waals surface area contributed by atoms with Gasteiger partial charge in [-0.25, -0.2) is 0 Å². The number of hydrogen-bond donors (Lipinski definition) is 1. The number of amides is 1. The minimum atomic E-state index is -0.423. The Morgan fingerprint density at radius 2 is 1.66 bits per heavy atom. The summed E-state index contributed by atoms with van der Waals surface area (Å²) in [6.45, 7) is 0.672. The lowest BCUT2D eigenvalue weighted by Crippen LogP contribution is -2.26. The minimum Gasteiger partial charge on any atom is -0.497 e. The minimum absolute atomic E-state index is 0.00917. The zero-order valence-corrected chi connectivity index (χ0v) is 20.0. The van der Waals surface area contributed by atoms with Gasteiger partial charge in [0.1, 0.15) is 29.7 Å². The molecule has 1 N–H and O–H groups in total. The van der Waals surface area contributed by atoms with Gasteiger partial charge < -0.3 is 24.3 Å². The van der Waals surface area contributed by atoms with E-state index in [4.69, 9.17) is 18.9 Å². The molecule has 35 heavy (non-hydrogen) atoms. The number of carbonyl (C=O) groups excluding carboxylic acids is 1. The molecule has 0 fully saturated rings. The first-order valence-corrected chi connectivity index (χ1v) is 11.0. The fourth-order valence-electron chi connectivity index (χ4n) is 3.42. The Morgan fingerprint density at radius 3 is 2.34 bits per heavy atom. The lowest BCUT2D eigenvalue weighted by atomic mass is 10.1. The first-order chi connectivity index (χ1) is 17.1. The molecule has 1 amide bonds. The Balaban J connectivity index is 1.68. The number of carbonyl (C=O) groups is 1. The van der Waals surface area contributed by atoms with Crippen molar-refractivity contribution >= 4 is 12.0 Å². The molecule has 0 aromatic heterocycles. The molecule has 0 unspecified atom stereocenters. The second-order valence-electron chi connectivity index (χ2n) is 7.54. The smallest absolute Gasteiger partial charge is 0.261 e. The van der Waals surface area contributed by atoms with Crippen LogP contribution >= 0.6 is 0 Å². The number of methoxy groups -OCH3 is 3. The van der Waals surface area contributed by atoms with E-state index in [1.807, 2.05) is 54.6 Å². The van der Waals surface area contributed by atoms with Crippen molar-refractivity contribution in [1.82, 2.24) is 5.32 Å². The van der Waals surface area contributed by atoms with Gasteiger partial charge in [0.05, 0.1) is 21.3 Å². The maximum absolute atomic E-state index is 12.5. The van der Waals surface area contributed by atoms with Crippen LogP contribution in [0, 0.1) is 11.3 Å². The van der Waals surface area contributed by atoms with Crippen molar-refractivity contribution < 1.29 is 23.7 Å². The highest BCUT2D eigenvalue weighted by atomic mass is 16.5. The summed E-state index contributed by atoms with van der Waals surface area (Å²) < 4.78 is 22.1. The second-order valence-corrected chi connectivity index (χ2v) is 7.54. The van der Waals surface area contributed by atoms with Crippen LogP contribution in [-0.4, -0.2) is 33.8 Å². The van der Waals surface area contributed by atoms with Gasteiger partial charge in [-0.1, -0.05) is 36.4 Å². The average Bonchev–Trinajstić information content (AvgIpc) is 2.91. The van der Waals surface area contributed by atoms with Crippen LogP contribution in [-0.2, 0) is 17.8 Å². The predicted molar refractivity (Wildman–Crippen MR) is 134 cm³/mol. The third-order valence-electron chi connectivity index (χ3n) is 5.28. The molecule has 0 bridgehead atoms. The number of nitriles is 1. The van der Waals surface area contributed by atoms with Crippen LogP contribution < -0.4 is 24.3 Å². The summed E-state index contributed by atoms with van der Waals surface area (Å²) in [5.74, 6) is 1.94. The number of rotatable bonds is 11. The summed E-state index contributed by atoms with van der Waals surface area (Å²) in [6, 6.07) is 22.5. The lowest BCUT2D eigenvalue weighted by molar-refractivity contribution is -0.117. The van der Waals surface area contributed by atoms with Crippen LogP contribution in [0.15, 0.2) is 72.3 Å². The van der Waals surface area contributed by atoms with E-state index in [1.165, 1.54) is 13.2 Å². The molecule has 3 rings (SSSR count). The molecule has 0 aliphatic rings. The Morgan fingerprint density at radius 1 is 0.914 bits per heavy atom. The maximum Gasteiger partial charge on any atom is 0.261 e. The van der Waals surface area contributed by atoms with Crippen LogP contribution in [0.4, 0.5) is 0 Å². The van der Waals surface area contributed by atoms with Crippen molar-refractivity contribution in [3.63, 3.8) is 0 Å². The molecule has 3 aromatic rings. The molecule has 0 radical (unpaired) electrons. The third kappa shape index (κ3) is 7.02. The molecule has 0 aliphatic heterocycles. The average molecular weight is 473 g/mol. The number of benzene rings is 3. The van der Waals surface area contributed by atoms with E-state index in [-0.39, 0.29) is 12.2 Å². The molecule has 0 saturated heterocycles. The zero-order chi connectivity index (χ0) is 25.0. The van der Waals surface area contributed by atoms with Gasteiger partial charge in [-0.3, -0.25) is 4.79 Å². The SMILES string of the molecule is COc1ccc(OC)c(COc2ccc(/C=C(\C#N)C(=O)NCCc3ccccc3)cc2OC)c1.